The van der Waals surface area contributed by atoms with E-state index < -0.39 is 0 Å². The van der Waals surface area contributed by atoms with Gasteiger partial charge in [0.25, 0.3) is 0 Å². The van der Waals surface area contributed by atoms with E-state index in [4.69, 9.17) is 0 Å². The SMILES string of the molecule is CC(C)(CNCC1CNC1)c1cccc2ccccc12. The molecule has 1 aliphatic rings. The van der Waals surface area contributed by atoms with E-state index >= 15 is 0 Å². The molecule has 0 aliphatic carbocycles. The van der Waals surface area contributed by atoms with E-state index in [2.05, 4.69) is 66.9 Å². The average Bonchev–Trinajstić information content (AvgIpc) is 2.41. The first-order chi connectivity index (χ1) is 9.67. The second-order valence-electron chi connectivity index (χ2n) is 6.57. The summed E-state index contributed by atoms with van der Waals surface area (Å²) in [7, 11) is 0. The molecule has 20 heavy (non-hydrogen) atoms. The topological polar surface area (TPSA) is 24.1 Å². The summed E-state index contributed by atoms with van der Waals surface area (Å²) in [5.41, 5.74) is 1.59. The van der Waals surface area contributed by atoms with Gasteiger partial charge in [0.15, 0.2) is 0 Å². The Labute approximate surface area is 121 Å². The fraction of sp³-hybridized carbons (Fsp3) is 0.444. The van der Waals surface area contributed by atoms with Crippen LogP contribution in [0.15, 0.2) is 42.5 Å². The second-order valence-corrected chi connectivity index (χ2v) is 6.57. The molecule has 2 N–H and O–H groups in total. The lowest BCUT2D eigenvalue weighted by molar-refractivity contribution is 0.320. The highest BCUT2D eigenvalue weighted by Gasteiger charge is 2.23. The molecule has 0 unspecified atom stereocenters. The third-order valence-electron chi connectivity index (χ3n) is 4.38. The Morgan fingerprint density at radius 2 is 1.85 bits per heavy atom. The zero-order valence-corrected chi connectivity index (χ0v) is 12.4. The minimum atomic E-state index is 0.151. The predicted molar refractivity (Wildman–Crippen MR) is 86.2 cm³/mol. The summed E-state index contributed by atoms with van der Waals surface area (Å²) in [4.78, 5) is 0. The molecule has 0 aromatic heterocycles. The molecule has 0 atom stereocenters. The Balaban J connectivity index is 1.77. The molecule has 3 rings (SSSR count). The summed E-state index contributed by atoms with van der Waals surface area (Å²) in [6.07, 6.45) is 0. The highest BCUT2D eigenvalue weighted by atomic mass is 15.0. The lowest BCUT2D eigenvalue weighted by Gasteiger charge is -2.31. The Kier molecular flexibility index (Phi) is 3.77. The monoisotopic (exact) mass is 268 g/mol. The van der Waals surface area contributed by atoms with Gasteiger partial charge in [0.1, 0.15) is 0 Å². The predicted octanol–water partition coefficient (Wildman–Crippen LogP) is 2.93. The van der Waals surface area contributed by atoms with E-state index in [1.54, 1.807) is 0 Å². The molecule has 2 nitrogen and oxygen atoms in total. The van der Waals surface area contributed by atoms with Gasteiger partial charge >= 0.3 is 0 Å². The molecule has 1 saturated heterocycles. The van der Waals surface area contributed by atoms with Crippen molar-refractivity contribution in [3.63, 3.8) is 0 Å². The van der Waals surface area contributed by atoms with Crippen LogP contribution in [0.2, 0.25) is 0 Å². The summed E-state index contributed by atoms with van der Waals surface area (Å²) < 4.78 is 0. The fourth-order valence-corrected chi connectivity index (χ4v) is 2.99. The van der Waals surface area contributed by atoms with Crippen LogP contribution in [0.4, 0.5) is 0 Å². The fourth-order valence-electron chi connectivity index (χ4n) is 2.99. The molecular weight excluding hydrogens is 244 g/mol. The molecule has 1 aliphatic heterocycles. The van der Waals surface area contributed by atoms with Crippen LogP contribution in [-0.4, -0.2) is 26.2 Å². The summed E-state index contributed by atoms with van der Waals surface area (Å²) in [5.74, 6) is 0.818. The molecular formula is C18H24N2. The van der Waals surface area contributed by atoms with Crippen molar-refractivity contribution in [1.29, 1.82) is 0 Å². The highest BCUT2D eigenvalue weighted by Crippen LogP contribution is 2.29. The van der Waals surface area contributed by atoms with E-state index in [0.717, 1.165) is 19.0 Å². The molecule has 1 heterocycles. The number of hydrogen-bond donors (Lipinski definition) is 2. The number of fused-ring (bicyclic) bond motifs is 1. The average molecular weight is 268 g/mol. The normalized spacial score (nSPS) is 16.3. The Morgan fingerprint density at radius 3 is 2.60 bits per heavy atom. The Hall–Kier alpha value is -1.38. The number of rotatable bonds is 5. The van der Waals surface area contributed by atoms with Gasteiger partial charge in [0, 0.05) is 31.6 Å². The molecule has 0 amide bonds. The number of benzene rings is 2. The van der Waals surface area contributed by atoms with Crippen molar-refractivity contribution in [2.45, 2.75) is 19.3 Å². The van der Waals surface area contributed by atoms with Gasteiger partial charge < -0.3 is 10.6 Å². The van der Waals surface area contributed by atoms with Crippen LogP contribution in [0, 0.1) is 5.92 Å². The van der Waals surface area contributed by atoms with Gasteiger partial charge in [-0.05, 0) is 22.3 Å². The van der Waals surface area contributed by atoms with E-state index in [-0.39, 0.29) is 5.41 Å². The molecule has 106 valence electrons. The van der Waals surface area contributed by atoms with Gasteiger partial charge in [-0.25, -0.2) is 0 Å². The van der Waals surface area contributed by atoms with Gasteiger partial charge in [-0.3, -0.25) is 0 Å². The third-order valence-corrected chi connectivity index (χ3v) is 4.38. The van der Waals surface area contributed by atoms with Gasteiger partial charge in [0.05, 0.1) is 0 Å². The van der Waals surface area contributed by atoms with Crippen molar-refractivity contribution in [3.05, 3.63) is 48.0 Å². The summed E-state index contributed by atoms with van der Waals surface area (Å²) >= 11 is 0. The smallest absolute Gasteiger partial charge is 0.00435 e. The minimum Gasteiger partial charge on any atom is -0.316 e. The standard InChI is InChI=1S/C18H24N2/c1-18(2,13-20-12-14-10-19-11-14)17-9-5-7-15-6-3-4-8-16(15)17/h3-9,14,19-20H,10-13H2,1-2H3. The molecule has 0 saturated carbocycles. The van der Waals surface area contributed by atoms with Gasteiger partial charge in [-0.1, -0.05) is 56.3 Å². The van der Waals surface area contributed by atoms with Crippen LogP contribution in [0.5, 0.6) is 0 Å². The zero-order chi connectivity index (χ0) is 14.0. The zero-order valence-electron chi connectivity index (χ0n) is 12.4. The first-order valence-electron chi connectivity index (χ1n) is 7.56. The van der Waals surface area contributed by atoms with Crippen molar-refractivity contribution >= 4 is 10.8 Å². The largest absolute Gasteiger partial charge is 0.316 e. The Bertz CT molecular complexity index is 579. The summed E-state index contributed by atoms with van der Waals surface area (Å²) in [6.45, 7) is 9.16. The van der Waals surface area contributed by atoms with Crippen molar-refractivity contribution in [2.75, 3.05) is 26.2 Å². The lowest BCUT2D eigenvalue weighted by atomic mass is 9.81. The summed E-state index contributed by atoms with van der Waals surface area (Å²) in [6, 6.07) is 15.3. The molecule has 0 radical (unpaired) electrons. The van der Waals surface area contributed by atoms with Crippen molar-refractivity contribution < 1.29 is 0 Å². The molecule has 0 bridgehead atoms. The van der Waals surface area contributed by atoms with Crippen molar-refractivity contribution in [3.8, 4) is 0 Å². The van der Waals surface area contributed by atoms with Gasteiger partial charge in [-0.15, -0.1) is 0 Å². The highest BCUT2D eigenvalue weighted by molar-refractivity contribution is 5.86. The molecule has 2 aromatic carbocycles. The van der Waals surface area contributed by atoms with E-state index in [9.17, 15) is 0 Å². The van der Waals surface area contributed by atoms with Crippen LogP contribution in [0.1, 0.15) is 19.4 Å². The first-order valence-corrected chi connectivity index (χ1v) is 7.56. The molecule has 1 fully saturated rings. The molecule has 0 spiro atoms. The number of hydrogen-bond acceptors (Lipinski definition) is 2. The van der Waals surface area contributed by atoms with E-state index in [1.165, 1.54) is 29.4 Å². The molecule has 2 aromatic rings. The van der Waals surface area contributed by atoms with E-state index in [0.29, 0.717) is 0 Å². The van der Waals surface area contributed by atoms with Crippen LogP contribution in [-0.2, 0) is 5.41 Å². The Morgan fingerprint density at radius 1 is 1.10 bits per heavy atom. The lowest BCUT2D eigenvalue weighted by Crippen LogP contribution is -2.48. The molecule has 2 heteroatoms. The van der Waals surface area contributed by atoms with Gasteiger partial charge in [-0.2, -0.15) is 0 Å². The van der Waals surface area contributed by atoms with Crippen LogP contribution < -0.4 is 10.6 Å². The van der Waals surface area contributed by atoms with Crippen LogP contribution in [0.25, 0.3) is 10.8 Å². The maximum Gasteiger partial charge on any atom is 0.00435 e. The summed E-state index contributed by atoms with van der Waals surface area (Å²) in [5, 5.41) is 9.69. The quantitative estimate of drug-likeness (QED) is 0.871. The second kappa shape index (κ2) is 5.55. The van der Waals surface area contributed by atoms with Crippen molar-refractivity contribution in [2.24, 2.45) is 5.92 Å². The third kappa shape index (κ3) is 2.72. The first kappa shape index (κ1) is 13.6. The van der Waals surface area contributed by atoms with E-state index in [1.807, 2.05) is 0 Å². The van der Waals surface area contributed by atoms with Crippen LogP contribution in [0.3, 0.4) is 0 Å². The number of nitrogens with one attached hydrogen (secondary N) is 2. The van der Waals surface area contributed by atoms with Crippen molar-refractivity contribution in [1.82, 2.24) is 10.6 Å². The maximum atomic E-state index is 3.65. The maximum absolute atomic E-state index is 3.65. The van der Waals surface area contributed by atoms with Gasteiger partial charge in [0.2, 0.25) is 0 Å². The minimum absolute atomic E-state index is 0.151. The van der Waals surface area contributed by atoms with Crippen LogP contribution >= 0.6 is 0 Å².